The molecule has 7 nitrogen and oxygen atoms in total. The number of carbonyl (C=O) groups is 2. The summed E-state index contributed by atoms with van der Waals surface area (Å²) in [6.07, 6.45) is -12.7. The lowest BCUT2D eigenvalue weighted by molar-refractivity contribution is -0.143. The molecule has 0 aromatic heterocycles. The first-order valence-electron chi connectivity index (χ1n) is 10.7. The Morgan fingerprint density at radius 2 is 1.79 bits per heavy atom. The van der Waals surface area contributed by atoms with E-state index in [4.69, 9.17) is 21.1 Å². The van der Waals surface area contributed by atoms with Gasteiger partial charge in [-0.1, -0.05) is 11.6 Å². The molecule has 2 aromatic carbocycles. The lowest BCUT2D eigenvalue weighted by Crippen LogP contribution is -2.36. The van der Waals surface area contributed by atoms with Gasteiger partial charge >= 0.3 is 24.5 Å². The first-order chi connectivity index (χ1) is 17.6. The fraction of sp³-hybridized carbons (Fsp3) is 0.364. The van der Waals surface area contributed by atoms with Crippen LogP contribution in [-0.4, -0.2) is 56.4 Å². The molecular formula is C22H16ClF8N3O4. The molecular weight excluding hydrogens is 558 g/mol. The number of carbonyl (C=O) groups excluding carboxylic acids is 2. The number of urea groups is 1. The molecule has 4 rings (SSSR count). The number of hydrogen-bond acceptors (Lipinski definition) is 4. The van der Waals surface area contributed by atoms with E-state index in [1.54, 1.807) is 0 Å². The van der Waals surface area contributed by atoms with E-state index >= 15 is 0 Å². The Morgan fingerprint density at radius 1 is 1.13 bits per heavy atom. The van der Waals surface area contributed by atoms with E-state index in [1.807, 2.05) is 0 Å². The second-order valence-electron chi connectivity index (χ2n) is 8.32. The normalized spacial score (nSPS) is 17.7. The Balaban J connectivity index is 1.79. The topological polar surface area (TPSA) is 65.6 Å². The molecule has 0 bridgehead atoms. The minimum atomic E-state index is -5.47. The third-order valence-electron chi connectivity index (χ3n) is 5.75. The minimum absolute atomic E-state index is 0.0527. The predicted octanol–water partition coefficient (Wildman–Crippen LogP) is 5.93. The summed E-state index contributed by atoms with van der Waals surface area (Å²) >= 11 is 5.48. The largest absolute Gasteiger partial charge is 0.420 e. The highest BCUT2D eigenvalue weighted by Gasteiger charge is 2.44. The summed E-state index contributed by atoms with van der Waals surface area (Å²) in [5.74, 6) is -4.04. The zero-order valence-electron chi connectivity index (χ0n) is 19.1. The van der Waals surface area contributed by atoms with Crippen molar-refractivity contribution in [3.8, 4) is 5.75 Å². The molecule has 1 unspecified atom stereocenters. The molecule has 2 aliphatic heterocycles. The van der Waals surface area contributed by atoms with Crippen LogP contribution in [0.4, 0.5) is 56.1 Å². The van der Waals surface area contributed by atoms with Gasteiger partial charge in [0.1, 0.15) is 16.4 Å². The second-order valence-corrected chi connectivity index (χ2v) is 8.70. The molecule has 2 aromatic rings. The van der Waals surface area contributed by atoms with Crippen LogP contribution in [0.2, 0.25) is 5.02 Å². The van der Waals surface area contributed by atoms with Crippen LogP contribution in [0.15, 0.2) is 24.3 Å². The van der Waals surface area contributed by atoms with Crippen molar-refractivity contribution in [2.45, 2.75) is 18.5 Å². The SMILES string of the molecule is CN(C(=O)Oc1c(N2CCN(CC3CO3)C2=O)cc(C(F)(F)F)cc1C(F)(F)F)c1ccc(F)c(Cl)c1F. The average molecular weight is 574 g/mol. The van der Waals surface area contributed by atoms with Crippen molar-refractivity contribution in [2.75, 3.05) is 43.1 Å². The van der Waals surface area contributed by atoms with Crippen molar-refractivity contribution in [3.05, 3.63) is 52.0 Å². The first-order valence-corrected chi connectivity index (χ1v) is 11.1. The number of anilines is 2. The standard InChI is InChI=1S/C22H16ClF8N3O4/c1-32(14-3-2-13(24)16(23)17(14)25)20(36)38-18-12(22(29,30)31)6-10(21(26,27)28)7-15(18)34-5-4-33(19(34)35)8-11-9-37-11/h2-3,6-7,11H,4-5,8-9H2,1H3. The molecule has 0 N–H and O–H groups in total. The zero-order chi connectivity index (χ0) is 28.2. The number of rotatable bonds is 5. The van der Waals surface area contributed by atoms with Crippen LogP contribution in [0.1, 0.15) is 11.1 Å². The van der Waals surface area contributed by atoms with Crippen molar-refractivity contribution in [1.82, 2.24) is 4.90 Å². The number of benzene rings is 2. The van der Waals surface area contributed by atoms with Gasteiger partial charge in [0.15, 0.2) is 11.6 Å². The first kappa shape index (κ1) is 27.7. The van der Waals surface area contributed by atoms with Crippen LogP contribution in [0.25, 0.3) is 0 Å². The van der Waals surface area contributed by atoms with Gasteiger partial charge in [-0.15, -0.1) is 0 Å². The second kappa shape index (κ2) is 9.76. The van der Waals surface area contributed by atoms with Gasteiger partial charge < -0.3 is 14.4 Å². The number of ether oxygens (including phenoxy) is 2. The van der Waals surface area contributed by atoms with E-state index < -0.39 is 69.4 Å². The van der Waals surface area contributed by atoms with Crippen LogP contribution in [0.3, 0.4) is 0 Å². The summed E-state index contributed by atoms with van der Waals surface area (Å²) in [5, 5.41) is -1.02. The van der Waals surface area contributed by atoms with Gasteiger partial charge in [-0.3, -0.25) is 9.80 Å². The number of halogens is 9. The number of nitrogens with zero attached hydrogens (tertiary/aromatic N) is 3. The fourth-order valence-electron chi connectivity index (χ4n) is 3.72. The highest BCUT2D eigenvalue weighted by molar-refractivity contribution is 6.31. The van der Waals surface area contributed by atoms with Crippen molar-refractivity contribution < 1.29 is 54.2 Å². The van der Waals surface area contributed by atoms with Gasteiger partial charge in [0.2, 0.25) is 0 Å². The number of alkyl halides is 6. The molecule has 3 amide bonds. The Hall–Kier alpha value is -3.33. The van der Waals surface area contributed by atoms with E-state index in [-0.39, 0.29) is 37.9 Å². The molecule has 16 heteroatoms. The minimum Gasteiger partial charge on any atom is -0.407 e. The van der Waals surface area contributed by atoms with Gasteiger partial charge in [-0.25, -0.2) is 18.4 Å². The molecule has 2 heterocycles. The number of epoxide rings is 1. The summed E-state index contributed by atoms with van der Waals surface area (Å²) in [7, 11) is 0.852. The fourth-order valence-corrected chi connectivity index (χ4v) is 3.88. The molecule has 1 atom stereocenters. The van der Waals surface area contributed by atoms with E-state index in [1.165, 1.54) is 4.90 Å². The van der Waals surface area contributed by atoms with E-state index in [0.717, 1.165) is 13.1 Å². The maximum absolute atomic E-state index is 14.4. The zero-order valence-corrected chi connectivity index (χ0v) is 19.8. The Morgan fingerprint density at radius 3 is 2.37 bits per heavy atom. The third kappa shape index (κ3) is 5.43. The maximum Gasteiger partial charge on any atom is 0.420 e. The van der Waals surface area contributed by atoms with Crippen LogP contribution in [0.5, 0.6) is 5.75 Å². The monoisotopic (exact) mass is 573 g/mol. The predicted molar refractivity (Wildman–Crippen MR) is 116 cm³/mol. The molecule has 2 aliphatic rings. The highest BCUT2D eigenvalue weighted by atomic mass is 35.5. The molecule has 0 aliphatic carbocycles. The quantitative estimate of drug-likeness (QED) is 0.253. The summed E-state index contributed by atoms with van der Waals surface area (Å²) in [5.41, 5.74) is -5.42. The van der Waals surface area contributed by atoms with E-state index in [0.29, 0.717) is 22.5 Å². The average Bonchev–Trinajstić information content (AvgIpc) is 3.57. The van der Waals surface area contributed by atoms with Gasteiger partial charge in [0.25, 0.3) is 0 Å². The molecule has 0 saturated carbocycles. The van der Waals surface area contributed by atoms with Crippen molar-refractivity contribution in [2.24, 2.45) is 0 Å². The van der Waals surface area contributed by atoms with Crippen molar-refractivity contribution in [3.63, 3.8) is 0 Å². The lowest BCUT2D eigenvalue weighted by Gasteiger charge is -2.26. The Kier molecular flexibility index (Phi) is 7.12. The van der Waals surface area contributed by atoms with E-state index in [2.05, 4.69) is 0 Å². The molecule has 2 saturated heterocycles. The van der Waals surface area contributed by atoms with Crippen molar-refractivity contribution >= 4 is 35.1 Å². The van der Waals surface area contributed by atoms with Gasteiger partial charge in [0.05, 0.1) is 36.2 Å². The highest BCUT2D eigenvalue weighted by Crippen LogP contribution is 2.47. The molecule has 0 radical (unpaired) electrons. The summed E-state index contributed by atoms with van der Waals surface area (Å²) < 4.78 is 120. The van der Waals surface area contributed by atoms with Crippen LogP contribution < -0.4 is 14.5 Å². The van der Waals surface area contributed by atoms with Crippen LogP contribution in [-0.2, 0) is 17.1 Å². The van der Waals surface area contributed by atoms with E-state index in [9.17, 15) is 44.7 Å². The summed E-state index contributed by atoms with van der Waals surface area (Å²) in [6, 6.07) is 0.476. The molecule has 2 fully saturated rings. The molecule has 0 spiro atoms. The van der Waals surface area contributed by atoms with Gasteiger partial charge in [0, 0.05) is 20.1 Å². The molecule has 38 heavy (non-hydrogen) atoms. The van der Waals surface area contributed by atoms with Crippen LogP contribution >= 0.6 is 11.6 Å². The number of amides is 3. The lowest BCUT2D eigenvalue weighted by atomic mass is 10.1. The van der Waals surface area contributed by atoms with Crippen LogP contribution in [0, 0.1) is 11.6 Å². The Labute approximate surface area is 214 Å². The smallest absolute Gasteiger partial charge is 0.407 e. The maximum atomic E-state index is 14.4. The third-order valence-corrected chi connectivity index (χ3v) is 6.10. The molecule has 206 valence electrons. The number of hydrogen-bond donors (Lipinski definition) is 0. The summed E-state index contributed by atoms with van der Waals surface area (Å²) in [4.78, 5) is 27.8. The summed E-state index contributed by atoms with van der Waals surface area (Å²) in [6.45, 7) is 0.0171. The van der Waals surface area contributed by atoms with Gasteiger partial charge in [-0.05, 0) is 24.3 Å². The Bertz CT molecular complexity index is 1280. The van der Waals surface area contributed by atoms with Gasteiger partial charge in [-0.2, -0.15) is 26.3 Å². The van der Waals surface area contributed by atoms with Crippen molar-refractivity contribution in [1.29, 1.82) is 0 Å².